The molecule has 0 saturated carbocycles. The quantitative estimate of drug-likeness (QED) is 0.667. The highest BCUT2D eigenvalue weighted by atomic mass is 19.4. The van der Waals surface area contributed by atoms with Gasteiger partial charge in [-0.1, -0.05) is 6.92 Å². The molecule has 0 unspecified atom stereocenters. The third-order valence-electron chi connectivity index (χ3n) is 4.06. The molecule has 0 radical (unpaired) electrons. The van der Waals surface area contributed by atoms with Crippen molar-refractivity contribution in [3.8, 4) is 5.88 Å². The van der Waals surface area contributed by atoms with Gasteiger partial charge in [0.1, 0.15) is 5.78 Å². The number of hydrogen-bond donors (Lipinski definition) is 0. The maximum atomic E-state index is 12.7. The summed E-state index contributed by atoms with van der Waals surface area (Å²) in [6.45, 7) is 2.14. The van der Waals surface area contributed by atoms with Crippen LogP contribution in [0.15, 0.2) is 30.6 Å². The maximum absolute atomic E-state index is 12.7. The van der Waals surface area contributed by atoms with Crippen LogP contribution in [0.2, 0.25) is 0 Å². The Hall–Kier alpha value is -2.97. The highest BCUT2D eigenvalue weighted by Crippen LogP contribution is 2.21. The molecule has 2 aromatic rings. The molecule has 1 amide bonds. The maximum Gasteiger partial charge on any atom is 0.422 e. The molecular weight excluding hydrogens is 387 g/mol. The second kappa shape index (κ2) is 9.49. The van der Waals surface area contributed by atoms with Gasteiger partial charge in [-0.15, -0.1) is 0 Å². The lowest BCUT2D eigenvalue weighted by atomic mass is 10.1. The summed E-state index contributed by atoms with van der Waals surface area (Å²) in [5.74, 6) is -0.336. The van der Waals surface area contributed by atoms with Crippen LogP contribution in [0, 0.1) is 6.92 Å². The number of aryl methyl sites for hydroxylation is 1. The molecule has 0 N–H and O–H groups in total. The summed E-state index contributed by atoms with van der Waals surface area (Å²) in [5.41, 5.74) is 2.01. The molecule has 2 rings (SSSR count). The van der Waals surface area contributed by atoms with Gasteiger partial charge in [0, 0.05) is 55.6 Å². The molecular formula is C20H22F3N3O3. The Bertz CT molecular complexity index is 885. The van der Waals surface area contributed by atoms with Crippen molar-refractivity contribution in [2.75, 3.05) is 13.7 Å². The van der Waals surface area contributed by atoms with Crippen molar-refractivity contribution in [3.63, 3.8) is 0 Å². The summed E-state index contributed by atoms with van der Waals surface area (Å²) in [7, 11) is 1.60. The lowest BCUT2D eigenvalue weighted by Gasteiger charge is -2.18. The average Bonchev–Trinajstić information content (AvgIpc) is 2.66. The zero-order valence-corrected chi connectivity index (χ0v) is 16.4. The van der Waals surface area contributed by atoms with Crippen molar-refractivity contribution in [2.24, 2.45) is 0 Å². The molecule has 2 aromatic heterocycles. The molecule has 156 valence electrons. The third-order valence-corrected chi connectivity index (χ3v) is 4.06. The van der Waals surface area contributed by atoms with E-state index in [0.29, 0.717) is 28.8 Å². The number of Topliss-reactive ketones (excluding diaryl/α,β-unsaturated/α-hetero) is 1. The van der Waals surface area contributed by atoms with Crippen LogP contribution in [-0.2, 0) is 17.8 Å². The smallest absolute Gasteiger partial charge is 0.422 e. The fraction of sp³-hybridized carbons (Fsp3) is 0.400. The first-order valence-electron chi connectivity index (χ1n) is 8.96. The van der Waals surface area contributed by atoms with Gasteiger partial charge >= 0.3 is 6.18 Å². The van der Waals surface area contributed by atoms with Crippen molar-refractivity contribution in [1.82, 2.24) is 14.9 Å². The Morgan fingerprint density at radius 3 is 2.55 bits per heavy atom. The van der Waals surface area contributed by atoms with E-state index in [1.807, 2.05) is 0 Å². The molecule has 0 aromatic carbocycles. The van der Waals surface area contributed by atoms with E-state index in [-0.39, 0.29) is 30.5 Å². The van der Waals surface area contributed by atoms with E-state index in [2.05, 4.69) is 14.7 Å². The molecule has 2 heterocycles. The zero-order chi connectivity index (χ0) is 21.6. The summed E-state index contributed by atoms with van der Waals surface area (Å²) in [6, 6.07) is 4.78. The van der Waals surface area contributed by atoms with Crippen LogP contribution in [0.1, 0.15) is 40.5 Å². The fourth-order valence-electron chi connectivity index (χ4n) is 2.61. The van der Waals surface area contributed by atoms with E-state index in [0.717, 1.165) is 0 Å². The molecule has 0 aliphatic heterocycles. The average molecular weight is 409 g/mol. The van der Waals surface area contributed by atoms with Crippen LogP contribution in [0.4, 0.5) is 13.2 Å². The summed E-state index contributed by atoms with van der Waals surface area (Å²) < 4.78 is 41.5. The van der Waals surface area contributed by atoms with Crippen LogP contribution in [0.5, 0.6) is 5.88 Å². The van der Waals surface area contributed by atoms with Crippen LogP contribution in [-0.4, -0.2) is 46.4 Å². The number of ketones is 1. The molecule has 29 heavy (non-hydrogen) atoms. The summed E-state index contributed by atoms with van der Waals surface area (Å²) in [5, 5.41) is 0. The van der Waals surface area contributed by atoms with Crippen LogP contribution < -0.4 is 4.74 Å². The van der Waals surface area contributed by atoms with Gasteiger partial charge in [-0.25, -0.2) is 4.98 Å². The van der Waals surface area contributed by atoms with Gasteiger partial charge in [-0.3, -0.25) is 14.6 Å². The van der Waals surface area contributed by atoms with Crippen molar-refractivity contribution >= 4 is 11.7 Å². The first-order valence-corrected chi connectivity index (χ1v) is 8.96. The minimum Gasteiger partial charge on any atom is -0.468 e. The van der Waals surface area contributed by atoms with Crippen molar-refractivity contribution in [3.05, 3.63) is 53.0 Å². The largest absolute Gasteiger partial charge is 0.468 e. The number of ether oxygens (including phenoxy) is 1. The Morgan fingerprint density at radius 1 is 1.21 bits per heavy atom. The summed E-state index contributed by atoms with van der Waals surface area (Å²) in [6.07, 6.45) is -1.01. The van der Waals surface area contributed by atoms with Crippen molar-refractivity contribution in [1.29, 1.82) is 0 Å². The topological polar surface area (TPSA) is 72.4 Å². The Morgan fingerprint density at radius 2 is 1.93 bits per heavy atom. The monoisotopic (exact) mass is 409 g/mol. The second-order valence-electron chi connectivity index (χ2n) is 6.64. The highest BCUT2D eigenvalue weighted by Gasteiger charge is 2.29. The normalized spacial score (nSPS) is 11.2. The molecule has 9 heteroatoms. The van der Waals surface area contributed by atoms with Gasteiger partial charge in [0.25, 0.3) is 5.91 Å². The lowest BCUT2D eigenvalue weighted by molar-refractivity contribution is -0.154. The number of pyridine rings is 2. The molecule has 0 aliphatic rings. The fourth-order valence-corrected chi connectivity index (χ4v) is 2.61. The number of carbonyl (C=O) groups excluding carboxylic acids is 2. The van der Waals surface area contributed by atoms with Crippen molar-refractivity contribution in [2.45, 2.75) is 39.4 Å². The van der Waals surface area contributed by atoms with Gasteiger partial charge in [0.05, 0.1) is 0 Å². The number of rotatable bonds is 8. The predicted molar refractivity (Wildman–Crippen MR) is 99.6 cm³/mol. The molecule has 0 fully saturated rings. The van der Waals surface area contributed by atoms with Gasteiger partial charge in [0.15, 0.2) is 6.61 Å². The minimum atomic E-state index is -4.44. The van der Waals surface area contributed by atoms with E-state index in [4.69, 9.17) is 0 Å². The number of hydrogen-bond acceptors (Lipinski definition) is 5. The van der Waals surface area contributed by atoms with E-state index in [1.54, 1.807) is 39.1 Å². The standard InChI is InChI=1S/C20H22F3N3O3/c1-4-17(27)9-16-8-15(5-6-24-16)19(28)26(3)11-14-7-13(2)18(25-10-14)29-12-20(21,22)23/h5-8,10H,4,9,11-12H2,1-3H3. The number of nitrogens with zero attached hydrogens (tertiary/aromatic N) is 3. The second-order valence-corrected chi connectivity index (χ2v) is 6.64. The van der Waals surface area contributed by atoms with Crippen LogP contribution in [0.3, 0.4) is 0 Å². The first kappa shape index (κ1) is 22.3. The lowest BCUT2D eigenvalue weighted by Crippen LogP contribution is -2.26. The molecule has 0 bridgehead atoms. The number of halogens is 3. The van der Waals surface area contributed by atoms with E-state index >= 15 is 0 Å². The van der Waals surface area contributed by atoms with Gasteiger partial charge < -0.3 is 9.64 Å². The molecule has 6 nitrogen and oxygen atoms in total. The zero-order valence-electron chi connectivity index (χ0n) is 16.4. The first-order chi connectivity index (χ1) is 13.6. The Kier molecular flexibility index (Phi) is 7.30. The summed E-state index contributed by atoms with van der Waals surface area (Å²) in [4.78, 5) is 33.7. The van der Waals surface area contributed by atoms with Crippen LogP contribution in [0.25, 0.3) is 0 Å². The number of carbonyl (C=O) groups is 2. The van der Waals surface area contributed by atoms with Crippen LogP contribution >= 0.6 is 0 Å². The van der Waals surface area contributed by atoms with Crippen molar-refractivity contribution < 1.29 is 27.5 Å². The number of aromatic nitrogens is 2. The predicted octanol–water partition coefficient (Wildman–Crippen LogP) is 3.52. The van der Waals surface area contributed by atoms with E-state index in [9.17, 15) is 22.8 Å². The minimum absolute atomic E-state index is 0.0323. The van der Waals surface area contributed by atoms with Gasteiger partial charge in [0.2, 0.25) is 5.88 Å². The molecule has 0 atom stereocenters. The van der Waals surface area contributed by atoms with Gasteiger partial charge in [-0.2, -0.15) is 13.2 Å². The van der Waals surface area contributed by atoms with E-state index in [1.165, 1.54) is 17.3 Å². The molecule has 0 saturated heterocycles. The molecule has 0 aliphatic carbocycles. The highest BCUT2D eigenvalue weighted by molar-refractivity contribution is 5.94. The number of amides is 1. The Balaban J connectivity index is 2.05. The third kappa shape index (κ3) is 6.85. The summed E-state index contributed by atoms with van der Waals surface area (Å²) >= 11 is 0. The molecule has 0 spiro atoms. The van der Waals surface area contributed by atoms with E-state index < -0.39 is 12.8 Å². The number of alkyl halides is 3. The Labute approximate surface area is 166 Å². The SMILES string of the molecule is CCC(=O)Cc1cc(C(=O)N(C)Cc2cnc(OCC(F)(F)F)c(C)c2)ccn1. The van der Waals surface area contributed by atoms with Gasteiger partial charge in [-0.05, 0) is 30.7 Å².